The smallest absolute Gasteiger partial charge is 0.125 e. The summed E-state index contributed by atoms with van der Waals surface area (Å²) in [5.74, 6) is 2.15. The van der Waals surface area contributed by atoms with Crippen molar-refractivity contribution in [3.63, 3.8) is 0 Å². The molecule has 3 rings (SSSR count). The van der Waals surface area contributed by atoms with Crippen LogP contribution in [0.25, 0.3) is 11.0 Å². The Morgan fingerprint density at radius 2 is 1.69 bits per heavy atom. The summed E-state index contributed by atoms with van der Waals surface area (Å²) in [6.07, 6.45) is -0.603. The molecule has 0 aliphatic rings. The highest BCUT2D eigenvalue weighted by Gasteiger charge is 2.17. The van der Waals surface area contributed by atoms with Gasteiger partial charge in [-0.05, 0) is 37.1 Å². The Bertz CT molecular complexity index is 853. The summed E-state index contributed by atoms with van der Waals surface area (Å²) < 4.78 is 8.02. The molecule has 0 aliphatic carbocycles. The van der Waals surface area contributed by atoms with Gasteiger partial charge in [-0.15, -0.1) is 12.4 Å². The molecule has 1 atom stereocenters. The maximum absolute atomic E-state index is 10.6. The lowest BCUT2D eigenvalue weighted by Crippen LogP contribution is -2.25. The van der Waals surface area contributed by atoms with Gasteiger partial charge in [0.15, 0.2) is 0 Å². The molecule has 5 heteroatoms. The minimum Gasteiger partial charge on any atom is -0.490 e. The lowest BCUT2D eigenvalue weighted by molar-refractivity contribution is 0.0919. The summed E-state index contributed by atoms with van der Waals surface area (Å²) in [5, 5.41) is 10.6. The number of halogens is 1. The molecule has 0 amide bonds. The van der Waals surface area contributed by atoms with Crippen LogP contribution in [-0.4, -0.2) is 27.4 Å². The topological polar surface area (TPSA) is 47.3 Å². The molecule has 3 aromatic rings. The van der Waals surface area contributed by atoms with Crippen molar-refractivity contribution in [2.24, 2.45) is 0 Å². The Balaban J connectivity index is 0.00000243. The fraction of sp³-hybridized carbons (Fsp3) is 0.381. The van der Waals surface area contributed by atoms with E-state index in [0.717, 1.165) is 33.7 Å². The number of benzene rings is 2. The Morgan fingerprint density at radius 3 is 2.35 bits per heavy atom. The Kier molecular flexibility index (Phi) is 6.68. The van der Waals surface area contributed by atoms with E-state index in [2.05, 4.69) is 18.4 Å². The number of ether oxygens (including phenoxy) is 1. The third kappa shape index (κ3) is 4.19. The van der Waals surface area contributed by atoms with Gasteiger partial charge in [-0.25, -0.2) is 4.98 Å². The van der Waals surface area contributed by atoms with Crippen molar-refractivity contribution < 1.29 is 9.84 Å². The van der Waals surface area contributed by atoms with Crippen molar-refractivity contribution >= 4 is 23.4 Å². The van der Waals surface area contributed by atoms with Gasteiger partial charge in [-0.1, -0.05) is 44.2 Å². The van der Waals surface area contributed by atoms with Gasteiger partial charge in [0, 0.05) is 5.92 Å². The molecule has 0 saturated carbocycles. The number of hydrogen-bond acceptors (Lipinski definition) is 3. The van der Waals surface area contributed by atoms with Crippen molar-refractivity contribution in [2.45, 2.75) is 46.3 Å². The largest absolute Gasteiger partial charge is 0.490 e. The van der Waals surface area contributed by atoms with Gasteiger partial charge in [0.1, 0.15) is 24.3 Å². The first-order chi connectivity index (χ1) is 12.0. The molecule has 26 heavy (non-hydrogen) atoms. The second-order valence-corrected chi connectivity index (χ2v) is 6.91. The van der Waals surface area contributed by atoms with E-state index in [0.29, 0.717) is 12.5 Å². The molecule has 0 aliphatic heterocycles. The second kappa shape index (κ2) is 8.56. The van der Waals surface area contributed by atoms with Crippen molar-refractivity contribution in [2.75, 3.05) is 6.61 Å². The molecular formula is C21H27ClN2O2. The van der Waals surface area contributed by atoms with Crippen LogP contribution < -0.4 is 4.74 Å². The average molecular weight is 375 g/mol. The first kappa shape index (κ1) is 20.3. The summed E-state index contributed by atoms with van der Waals surface area (Å²) >= 11 is 0. The van der Waals surface area contributed by atoms with E-state index in [-0.39, 0.29) is 19.0 Å². The number of aromatic nitrogens is 2. The van der Waals surface area contributed by atoms with Crippen LogP contribution in [0.15, 0.2) is 42.5 Å². The molecule has 0 radical (unpaired) electrons. The maximum Gasteiger partial charge on any atom is 0.125 e. The fourth-order valence-electron chi connectivity index (χ4n) is 3.20. The SMILES string of the molecule is Cc1cccc(C)c1OCC(O)Cn1c(C(C)C)nc2ccccc21.Cl. The van der Waals surface area contributed by atoms with Gasteiger partial charge in [0.2, 0.25) is 0 Å². The van der Waals surface area contributed by atoms with E-state index in [1.165, 1.54) is 0 Å². The van der Waals surface area contributed by atoms with Crippen LogP contribution >= 0.6 is 12.4 Å². The molecule has 1 unspecified atom stereocenters. The lowest BCUT2D eigenvalue weighted by atomic mass is 10.1. The minimum atomic E-state index is -0.603. The zero-order chi connectivity index (χ0) is 18.0. The number of hydrogen-bond donors (Lipinski definition) is 1. The number of para-hydroxylation sites is 3. The second-order valence-electron chi connectivity index (χ2n) is 6.91. The fourth-order valence-corrected chi connectivity index (χ4v) is 3.20. The van der Waals surface area contributed by atoms with Crippen molar-refractivity contribution in [3.05, 3.63) is 59.4 Å². The van der Waals surface area contributed by atoms with Gasteiger partial charge in [-0.2, -0.15) is 0 Å². The molecule has 2 aromatic carbocycles. The molecule has 0 saturated heterocycles. The number of aryl methyl sites for hydroxylation is 2. The van der Waals surface area contributed by atoms with Crippen molar-refractivity contribution in [1.29, 1.82) is 0 Å². The van der Waals surface area contributed by atoms with Crippen LogP contribution in [0.3, 0.4) is 0 Å². The normalized spacial score (nSPS) is 12.2. The van der Waals surface area contributed by atoms with Crippen LogP contribution in [-0.2, 0) is 6.54 Å². The van der Waals surface area contributed by atoms with Crippen molar-refractivity contribution in [1.82, 2.24) is 9.55 Å². The first-order valence-corrected chi connectivity index (χ1v) is 8.79. The van der Waals surface area contributed by atoms with E-state index in [4.69, 9.17) is 9.72 Å². The van der Waals surface area contributed by atoms with Crippen LogP contribution in [0.4, 0.5) is 0 Å². The molecular weight excluding hydrogens is 348 g/mol. The summed E-state index contributed by atoms with van der Waals surface area (Å²) in [5.41, 5.74) is 4.19. The van der Waals surface area contributed by atoms with E-state index in [9.17, 15) is 5.11 Å². The Hall–Kier alpha value is -2.04. The Morgan fingerprint density at radius 1 is 1.04 bits per heavy atom. The number of nitrogens with zero attached hydrogens (tertiary/aromatic N) is 2. The van der Waals surface area contributed by atoms with Gasteiger partial charge < -0.3 is 14.4 Å². The standard InChI is InChI=1S/C21H26N2O2.ClH/c1-14(2)21-22-18-10-5-6-11-19(18)23(21)12-17(24)13-25-20-15(3)8-7-9-16(20)4;/h5-11,14,17,24H,12-13H2,1-4H3;1H. The van der Waals surface area contributed by atoms with Crippen LogP contribution in [0, 0.1) is 13.8 Å². The van der Waals surface area contributed by atoms with Gasteiger partial charge >= 0.3 is 0 Å². The molecule has 140 valence electrons. The molecule has 0 fully saturated rings. The molecule has 1 heterocycles. The zero-order valence-corrected chi connectivity index (χ0v) is 16.6. The number of rotatable bonds is 6. The molecule has 0 bridgehead atoms. The summed E-state index contributed by atoms with van der Waals surface area (Å²) in [4.78, 5) is 4.72. The minimum absolute atomic E-state index is 0. The number of fused-ring (bicyclic) bond motifs is 1. The van der Waals surface area contributed by atoms with Gasteiger partial charge in [0.25, 0.3) is 0 Å². The predicted octanol–water partition coefficient (Wildman–Crippen LogP) is 4.64. The highest BCUT2D eigenvalue weighted by molar-refractivity contribution is 5.85. The van der Waals surface area contributed by atoms with Crippen LogP contribution in [0.5, 0.6) is 5.75 Å². The average Bonchev–Trinajstić information content (AvgIpc) is 2.93. The highest BCUT2D eigenvalue weighted by atomic mass is 35.5. The molecule has 4 nitrogen and oxygen atoms in total. The van der Waals surface area contributed by atoms with Crippen LogP contribution in [0.1, 0.15) is 36.7 Å². The zero-order valence-electron chi connectivity index (χ0n) is 15.8. The number of aliphatic hydroxyl groups is 1. The third-order valence-corrected chi connectivity index (χ3v) is 4.42. The quantitative estimate of drug-likeness (QED) is 0.683. The van der Waals surface area contributed by atoms with Crippen LogP contribution in [0.2, 0.25) is 0 Å². The summed E-state index contributed by atoms with van der Waals surface area (Å²) in [6, 6.07) is 14.1. The van der Waals surface area contributed by atoms with E-state index in [1.807, 2.05) is 56.3 Å². The lowest BCUT2D eigenvalue weighted by Gasteiger charge is -2.18. The van der Waals surface area contributed by atoms with Gasteiger partial charge in [0.05, 0.1) is 17.6 Å². The molecule has 0 spiro atoms. The van der Waals surface area contributed by atoms with Crippen molar-refractivity contribution in [3.8, 4) is 5.75 Å². The monoisotopic (exact) mass is 374 g/mol. The summed E-state index contributed by atoms with van der Waals surface area (Å²) in [6.45, 7) is 9.02. The first-order valence-electron chi connectivity index (χ1n) is 8.79. The molecule has 1 aromatic heterocycles. The predicted molar refractivity (Wildman–Crippen MR) is 108 cm³/mol. The summed E-state index contributed by atoms with van der Waals surface area (Å²) in [7, 11) is 0. The molecule has 1 N–H and O–H groups in total. The Labute approximate surface area is 161 Å². The highest BCUT2D eigenvalue weighted by Crippen LogP contribution is 2.24. The maximum atomic E-state index is 10.6. The van der Waals surface area contributed by atoms with Gasteiger partial charge in [-0.3, -0.25) is 0 Å². The number of aliphatic hydroxyl groups excluding tert-OH is 1. The van der Waals surface area contributed by atoms with E-state index in [1.54, 1.807) is 0 Å². The van der Waals surface area contributed by atoms with E-state index >= 15 is 0 Å². The van der Waals surface area contributed by atoms with E-state index < -0.39 is 6.10 Å². The number of imidazole rings is 1. The third-order valence-electron chi connectivity index (χ3n) is 4.42.